The monoisotopic (exact) mass is 251 g/mol. The number of carbonyl (C=O) groups is 1. The number of rotatable bonds is 4. The molecule has 18 heavy (non-hydrogen) atoms. The van der Waals surface area contributed by atoms with Crippen LogP contribution in [0.15, 0.2) is 28.4 Å². The molecule has 0 atom stereocenters. The summed E-state index contributed by atoms with van der Waals surface area (Å²) in [4.78, 5) is 15.2. The van der Waals surface area contributed by atoms with Gasteiger partial charge in [0.15, 0.2) is 6.21 Å². The van der Waals surface area contributed by atoms with Crippen molar-refractivity contribution < 1.29 is 14.1 Å². The molecule has 6 nitrogen and oxygen atoms in total. The molecule has 0 fully saturated rings. The van der Waals surface area contributed by atoms with Crippen LogP contribution >= 0.6 is 0 Å². The quantitative estimate of drug-likeness (QED) is 0.264. The third kappa shape index (κ3) is 5.74. The fourth-order valence-corrected chi connectivity index (χ4v) is 1.08. The lowest BCUT2D eigenvalue weighted by Crippen LogP contribution is -2.28. The molecule has 0 aliphatic heterocycles. The summed E-state index contributed by atoms with van der Waals surface area (Å²) >= 11 is 0. The predicted molar refractivity (Wildman–Crippen MR) is 73.7 cm³/mol. The number of amides is 2. The Kier molecular flexibility index (Phi) is 6.95. The minimum absolute atomic E-state index is 0.251. The van der Waals surface area contributed by atoms with Crippen molar-refractivity contribution in [1.82, 2.24) is 5.32 Å². The molecule has 0 saturated heterocycles. The van der Waals surface area contributed by atoms with Gasteiger partial charge < -0.3 is 5.21 Å². The molecular weight excluding hydrogens is 232 g/mol. The second kappa shape index (κ2) is 7.94. The summed E-state index contributed by atoms with van der Waals surface area (Å²) in [5.41, 5.74) is 1.35. The Balaban J connectivity index is 5.17. The average molecular weight is 251 g/mol. The standard InChI is InChI=1S/C12H18N4O2/c1-10(7-6-8-16(5)18)11(13-2)9-15(4)12(17)14-3/h6-9H,2H2,1,3-5H3/p+1. The molecule has 0 aromatic heterocycles. The maximum absolute atomic E-state index is 11.3. The lowest BCUT2D eigenvalue weighted by Gasteiger charge is -1.99. The van der Waals surface area contributed by atoms with Gasteiger partial charge in [-0.25, -0.2) is 10.1 Å². The summed E-state index contributed by atoms with van der Waals surface area (Å²) in [6.07, 6.45) is 6.24. The summed E-state index contributed by atoms with van der Waals surface area (Å²) in [6.45, 7) is 5.26. The lowest BCUT2D eigenvalue weighted by molar-refractivity contribution is -0.416. The largest absolute Gasteiger partial charge is 0.624 e. The molecule has 0 aromatic rings. The Bertz CT molecular complexity index is 441. The second-order valence-electron chi connectivity index (χ2n) is 3.58. The minimum atomic E-state index is -0.251. The van der Waals surface area contributed by atoms with Gasteiger partial charge in [-0.3, -0.25) is 4.99 Å². The fourth-order valence-electron chi connectivity index (χ4n) is 1.08. The summed E-state index contributed by atoms with van der Waals surface area (Å²) in [5.74, 6) is 0. The molecule has 0 aromatic carbocycles. The van der Waals surface area contributed by atoms with Gasteiger partial charge in [-0.1, -0.05) is 6.08 Å². The van der Waals surface area contributed by atoms with Crippen LogP contribution in [0.2, 0.25) is 0 Å². The molecule has 0 spiro atoms. The van der Waals surface area contributed by atoms with E-state index in [9.17, 15) is 10.0 Å². The van der Waals surface area contributed by atoms with Crippen molar-refractivity contribution in [1.29, 1.82) is 0 Å². The van der Waals surface area contributed by atoms with Crippen LogP contribution in [-0.2, 0) is 0 Å². The van der Waals surface area contributed by atoms with Crippen LogP contribution in [0.4, 0.5) is 4.79 Å². The molecule has 0 heterocycles. The van der Waals surface area contributed by atoms with E-state index in [-0.39, 0.29) is 6.03 Å². The summed E-state index contributed by atoms with van der Waals surface area (Å²) < 4.78 is 2.05. The highest BCUT2D eigenvalue weighted by atomic mass is 16.5. The number of hydroxylamine groups is 1. The van der Waals surface area contributed by atoms with Gasteiger partial charge in [-0.05, 0) is 19.2 Å². The Labute approximate surface area is 107 Å². The minimum Gasteiger partial charge on any atom is -0.624 e. The van der Waals surface area contributed by atoms with E-state index in [1.165, 1.54) is 17.8 Å². The van der Waals surface area contributed by atoms with Crippen LogP contribution in [0.25, 0.3) is 0 Å². The predicted octanol–water partition coefficient (Wildman–Crippen LogP) is 0.781. The molecule has 0 bridgehead atoms. The summed E-state index contributed by atoms with van der Waals surface area (Å²) in [7, 11) is 4.54. The van der Waals surface area contributed by atoms with E-state index in [1.807, 2.05) is 6.92 Å². The normalized spacial score (nSPS) is 14.4. The van der Waals surface area contributed by atoms with E-state index in [4.69, 9.17) is 0 Å². The van der Waals surface area contributed by atoms with Crippen LogP contribution in [-0.4, -0.2) is 55.6 Å². The molecule has 0 unspecified atom stereocenters. The van der Waals surface area contributed by atoms with Crippen LogP contribution in [0.1, 0.15) is 6.92 Å². The zero-order chi connectivity index (χ0) is 14.1. The molecule has 2 amide bonds. The number of allylic oxidation sites excluding steroid dienone is 4. The second-order valence-corrected chi connectivity index (χ2v) is 3.58. The SMILES string of the molecule is C=NC(C=[N+](C)C(=O)NC)=C(C)C=CC=[N+](C)[O-]. The molecule has 0 radical (unpaired) electrons. The molecule has 1 N–H and O–H groups in total. The first kappa shape index (κ1) is 15.8. The first-order valence-corrected chi connectivity index (χ1v) is 5.30. The van der Waals surface area contributed by atoms with Crippen molar-refractivity contribution >= 4 is 25.2 Å². The number of nitrogens with zero attached hydrogens (tertiary/aromatic N) is 3. The average Bonchev–Trinajstić information content (AvgIpc) is 2.33. The van der Waals surface area contributed by atoms with Gasteiger partial charge in [0, 0.05) is 6.08 Å². The maximum atomic E-state index is 11.3. The van der Waals surface area contributed by atoms with Crippen molar-refractivity contribution in [3.63, 3.8) is 0 Å². The van der Waals surface area contributed by atoms with Crippen LogP contribution < -0.4 is 5.32 Å². The zero-order valence-electron chi connectivity index (χ0n) is 11.2. The third-order valence-electron chi connectivity index (χ3n) is 2.07. The van der Waals surface area contributed by atoms with Gasteiger partial charge in [0.1, 0.15) is 19.0 Å². The van der Waals surface area contributed by atoms with Crippen LogP contribution in [0.3, 0.4) is 0 Å². The van der Waals surface area contributed by atoms with E-state index < -0.39 is 0 Å². The molecule has 98 valence electrons. The number of carbonyl (C=O) groups excluding carboxylic acids is 1. The molecule has 0 aliphatic rings. The smallest absolute Gasteiger partial charge is 0.490 e. The Morgan fingerprint density at radius 1 is 1.44 bits per heavy atom. The van der Waals surface area contributed by atoms with Crippen molar-refractivity contribution in [2.24, 2.45) is 4.99 Å². The van der Waals surface area contributed by atoms with E-state index in [0.717, 1.165) is 5.57 Å². The van der Waals surface area contributed by atoms with E-state index in [1.54, 1.807) is 32.5 Å². The highest BCUT2D eigenvalue weighted by Crippen LogP contribution is 2.04. The number of aliphatic imine (C=N–C) groups is 1. The van der Waals surface area contributed by atoms with Crippen molar-refractivity contribution in [2.75, 3.05) is 21.1 Å². The Morgan fingerprint density at radius 2 is 2.06 bits per heavy atom. The van der Waals surface area contributed by atoms with Crippen molar-refractivity contribution in [2.45, 2.75) is 6.92 Å². The third-order valence-corrected chi connectivity index (χ3v) is 2.07. The number of urea groups is 1. The van der Waals surface area contributed by atoms with Gasteiger partial charge in [0.05, 0.1) is 14.1 Å². The summed E-state index contributed by atoms with van der Waals surface area (Å²) in [6, 6.07) is -0.251. The molecular formula is C12H19N4O2+. The van der Waals surface area contributed by atoms with E-state index in [2.05, 4.69) is 17.0 Å². The number of hydrogen-bond acceptors (Lipinski definition) is 3. The van der Waals surface area contributed by atoms with E-state index >= 15 is 0 Å². The highest BCUT2D eigenvalue weighted by Gasteiger charge is 2.08. The maximum Gasteiger partial charge on any atom is 0.490 e. The van der Waals surface area contributed by atoms with E-state index in [0.29, 0.717) is 10.4 Å². The van der Waals surface area contributed by atoms with Crippen molar-refractivity contribution in [3.8, 4) is 0 Å². The fraction of sp³-hybridized carbons (Fsp3) is 0.333. The molecule has 0 rings (SSSR count). The van der Waals surface area contributed by atoms with Crippen LogP contribution in [0, 0.1) is 5.21 Å². The van der Waals surface area contributed by atoms with Gasteiger partial charge in [0.2, 0.25) is 0 Å². The molecule has 6 heteroatoms. The zero-order valence-corrected chi connectivity index (χ0v) is 11.2. The highest BCUT2D eigenvalue weighted by molar-refractivity contribution is 5.82. The van der Waals surface area contributed by atoms with Gasteiger partial charge in [-0.2, -0.15) is 9.37 Å². The van der Waals surface area contributed by atoms with Crippen molar-refractivity contribution in [3.05, 3.63) is 28.6 Å². The number of nitrogens with one attached hydrogen (secondary N) is 1. The number of hydrogen-bond donors (Lipinski definition) is 1. The molecule has 0 aliphatic carbocycles. The Morgan fingerprint density at radius 3 is 2.50 bits per heavy atom. The van der Waals surface area contributed by atoms with Gasteiger partial charge >= 0.3 is 6.03 Å². The topological polar surface area (TPSA) is 70.5 Å². The van der Waals surface area contributed by atoms with Gasteiger partial charge in [0.25, 0.3) is 0 Å². The first-order valence-electron chi connectivity index (χ1n) is 5.30. The van der Waals surface area contributed by atoms with Gasteiger partial charge in [-0.15, -0.1) is 0 Å². The Hall–Kier alpha value is -2.24. The summed E-state index contributed by atoms with van der Waals surface area (Å²) in [5, 5.41) is 13.1. The first-order chi connectivity index (χ1) is 8.42. The molecule has 0 saturated carbocycles. The van der Waals surface area contributed by atoms with Crippen LogP contribution in [0.5, 0.6) is 0 Å². The lowest BCUT2D eigenvalue weighted by atomic mass is 10.2.